The third-order valence-corrected chi connectivity index (χ3v) is 3.96. The van der Waals surface area contributed by atoms with E-state index < -0.39 is 0 Å². The molecule has 0 radical (unpaired) electrons. The third-order valence-electron chi connectivity index (χ3n) is 3.11. The second-order valence-corrected chi connectivity index (χ2v) is 6.26. The van der Waals surface area contributed by atoms with E-state index in [9.17, 15) is 4.79 Å². The number of carbonyl (C=O) groups is 1. The van der Waals surface area contributed by atoms with Crippen LogP contribution in [0.4, 0.5) is 0 Å². The molecule has 2 aromatic rings. The standard InChI is InChI=1S/C17H20N4OS/c1-11-5-7-15(8-6-11)14(4)20-21-16(22)10-23-17-18-12(2)9-13(3)19-17/h5-9H,10H2,1-4H3,(H,21,22)/b20-14-. The molecule has 0 fully saturated rings. The molecule has 1 N–H and O–H groups in total. The average Bonchev–Trinajstić information content (AvgIpc) is 2.50. The van der Waals surface area contributed by atoms with Gasteiger partial charge >= 0.3 is 0 Å². The van der Waals surface area contributed by atoms with Gasteiger partial charge in [-0.25, -0.2) is 15.4 Å². The van der Waals surface area contributed by atoms with E-state index in [1.165, 1.54) is 17.3 Å². The van der Waals surface area contributed by atoms with Gasteiger partial charge in [0, 0.05) is 11.4 Å². The van der Waals surface area contributed by atoms with Gasteiger partial charge in [0.1, 0.15) is 0 Å². The number of rotatable bonds is 5. The average molecular weight is 328 g/mol. The molecule has 0 spiro atoms. The van der Waals surface area contributed by atoms with Crippen LogP contribution in [0, 0.1) is 20.8 Å². The van der Waals surface area contributed by atoms with Gasteiger partial charge in [-0.3, -0.25) is 4.79 Å². The van der Waals surface area contributed by atoms with Crippen molar-refractivity contribution in [1.82, 2.24) is 15.4 Å². The first-order chi connectivity index (χ1) is 10.9. The Balaban J connectivity index is 1.89. The second kappa shape index (κ2) is 7.87. The lowest BCUT2D eigenvalue weighted by Crippen LogP contribution is -2.21. The zero-order valence-electron chi connectivity index (χ0n) is 13.8. The van der Waals surface area contributed by atoms with Gasteiger partial charge in [0.25, 0.3) is 5.91 Å². The van der Waals surface area contributed by atoms with Crippen LogP contribution >= 0.6 is 11.8 Å². The number of benzene rings is 1. The highest BCUT2D eigenvalue weighted by Gasteiger charge is 2.06. The summed E-state index contributed by atoms with van der Waals surface area (Å²) in [6.07, 6.45) is 0. The SMILES string of the molecule is C/C(=N/NC(=O)CSc1nc(C)cc(C)n1)c1ccc(C)cc1. The molecule has 1 heterocycles. The molecule has 0 atom stereocenters. The quantitative estimate of drug-likeness (QED) is 0.396. The number of thioether (sulfide) groups is 1. The molecule has 0 saturated heterocycles. The zero-order chi connectivity index (χ0) is 16.8. The first-order valence-corrected chi connectivity index (χ1v) is 8.28. The van der Waals surface area contributed by atoms with Crippen molar-refractivity contribution < 1.29 is 4.79 Å². The number of hydrogen-bond donors (Lipinski definition) is 1. The largest absolute Gasteiger partial charge is 0.272 e. The number of nitrogens with one attached hydrogen (secondary N) is 1. The highest BCUT2D eigenvalue weighted by atomic mass is 32.2. The Morgan fingerprint density at radius 3 is 2.35 bits per heavy atom. The molecule has 23 heavy (non-hydrogen) atoms. The van der Waals surface area contributed by atoms with Gasteiger partial charge < -0.3 is 0 Å². The van der Waals surface area contributed by atoms with E-state index in [1.54, 1.807) is 0 Å². The van der Waals surface area contributed by atoms with Gasteiger partial charge in [-0.2, -0.15) is 5.10 Å². The Kier molecular flexibility index (Phi) is 5.87. The fourth-order valence-electron chi connectivity index (χ4n) is 1.93. The molecule has 0 aliphatic rings. The van der Waals surface area contributed by atoms with Crippen molar-refractivity contribution in [3.05, 3.63) is 52.8 Å². The Bertz CT molecular complexity index is 706. The van der Waals surface area contributed by atoms with Crippen molar-refractivity contribution in [2.45, 2.75) is 32.9 Å². The Morgan fingerprint density at radius 1 is 1.13 bits per heavy atom. The van der Waals surface area contributed by atoms with Crippen LogP contribution in [0.2, 0.25) is 0 Å². The van der Waals surface area contributed by atoms with Gasteiger partial charge in [0.15, 0.2) is 5.16 Å². The molecule has 1 aromatic carbocycles. The maximum absolute atomic E-state index is 11.9. The lowest BCUT2D eigenvalue weighted by Gasteiger charge is -2.04. The smallest absolute Gasteiger partial charge is 0.250 e. The molecule has 1 aromatic heterocycles. The van der Waals surface area contributed by atoms with Gasteiger partial charge in [-0.05, 0) is 39.3 Å². The number of aryl methyl sites for hydroxylation is 3. The Morgan fingerprint density at radius 2 is 1.74 bits per heavy atom. The molecule has 6 heteroatoms. The minimum Gasteiger partial charge on any atom is -0.272 e. The second-order valence-electron chi connectivity index (χ2n) is 5.32. The summed E-state index contributed by atoms with van der Waals surface area (Å²) in [5.41, 5.74) is 7.31. The highest BCUT2D eigenvalue weighted by Crippen LogP contribution is 2.13. The number of hydrogen-bond acceptors (Lipinski definition) is 5. The van der Waals surface area contributed by atoms with Crippen molar-refractivity contribution in [2.75, 3.05) is 5.75 Å². The normalized spacial score (nSPS) is 11.4. The zero-order valence-corrected chi connectivity index (χ0v) is 14.6. The monoisotopic (exact) mass is 328 g/mol. The Hall–Kier alpha value is -2.21. The number of aromatic nitrogens is 2. The summed E-state index contributed by atoms with van der Waals surface area (Å²) in [4.78, 5) is 20.5. The number of amides is 1. The van der Waals surface area contributed by atoms with Crippen LogP contribution < -0.4 is 5.43 Å². The van der Waals surface area contributed by atoms with E-state index in [4.69, 9.17) is 0 Å². The van der Waals surface area contributed by atoms with Gasteiger partial charge in [-0.15, -0.1) is 0 Å². The molecular formula is C17H20N4OS. The van der Waals surface area contributed by atoms with Crippen LogP contribution in [0.15, 0.2) is 40.6 Å². The minimum absolute atomic E-state index is 0.177. The first kappa shape index (κ1) is 17.1. The molecule has 0 aliphatic heterocycles. The van der Waals surface area contributed by atoms with Crippen molar-refractivity contribution >= 4 is 23.4 Å². The predicted octanol–water partition coefficient (Wildman–Crippen LogP) is 3.03. The third kappa shape index (κ3) is 5.49. The molecule has 2 rings (SSSR count). The summed E-state index contributed by atoms with van der Waals surface area (Å²) in [5, 5.41) is 4.74. The van der Waals surface area contributed by atoms with E-state index in [-0.39, 0.29) is 11.7 Å². The van der Waals surface area contributed by atoms with Gasteiger partial charge in [-0.1, -0.05) is 41.6 Å². The van der Waals surface area contributed by atoms with Crippen LogP contribution in [0.25, 0.3) is 0 Å². The number of hydrazone groups is 1. The number of nitrogens with zero attached hydrogens (tertiary/aromatic N) is 3. The molecule has 1 amide bonds. The molecule has 0 aliphatic carbocycles. The fourth-order valence-corrected chi connectivity index (χ4v) is 2.67. The lowest BCUT2D eigenvalue weighted by atomic mass is 10.1. The van der Waals surface area contributed by atoms with E-state index in [0.29, 0.717) is 5.16 Å². The summed E-state index contributed by atoms with van der Waals surface area (Å²) in [5.74, 6) is 0.0531. The first-order valence-electron chi connectivity index (χ1n) is 7.29. The summed E-state index contributed by atoms with van der Waals surface area (Å²) < 4.78 is 0. The van der Waals surface area contributed by atoms with Crippen molar-refractivity contribution in [2.24, 2.45) is 5.10 Å². The molecule has 0 bridgehead atoms. The van der Waals surface area contributed by atoms with Crippen LogP contribution in [-0.2, 0) is 4.79 Å². The predicted molar refractivity (Wildman–Crippen MR) is 93.8 cm³/mol. The summed E-state index contributed by atoms with van der Waals surface area (Å²) in [6.45, 7) is 7.72. The molecule has 0 saturated carbocycles. The minimum atomic E-state index is -0.177. The molecule has 5 nitrogen and oxygen atoms in total. The van der Waals surface area contributed by atoms with Crippen molar-refractivity contribution in [1.29, 1.82) is 0 Å². The summed E-state index contributed by atoms with van der Waals surface area (Å²) in [7, 11) is 0. The van der Waals surface area contributed by atoms with Crippen LogP contribution in [0.5, 0.6) is 0 Å². The maximum atomic E-state index is 11.9. The van der Waals surface area contributed by atoms with Crippen molar-refractivity contribution in [3.63, 3.8) is 0 Å². The van der Waals surface area contributed by atoms with E-state index in [2.05, 4.69) is 20.5 Å². The van der Waals surface area contributed by atoms with E-state index in [1.807, 2.05) is 58.0 Å². The van der Waals surface area contributed by atoms with Crippen LogP contribution in [-0.4, -0.2) is 27.3 Å². The summed E-state index contributed by atoms with van der Waals surface area (Å²) in [6, 6.07) is 9.91. The van der Waals surface area contributed by atoms with Crippen LogP contribution in [0.1, 0.15) is 29.4 Å². The van der Waals surface area contributed by atoms with Crippen molar-refractivity contribution in [3.8, 4) is 0 Å². The highest BCUT2D eigenvalue weighted by molar-refractivity contribution is 7.99. The van der Waals surface area contributed by atoms with E-state index in [0.717, 1.165) is 22.7 Å². The van der Waals surface area contributed by atoms with Crippen LogP contribution in [0.3, 0.4) is 0 Å². The number of carbonyl (C=O) groups excluding carboxylic acids is 1. The fraction of sp³-hybridized carbons (Fsp3) is 0.294. The molecular weight excluding hydrogens is 308 g/mol. The summed E-state index contributed by atoms with van der Waals surface area (Å²) >= 11 is 1.30. The van der Waals surface area contributed by atoms with Gasteiger partial charge in [0.05, 0.1) is 11.5 Å². The molecule has 120 valence electrons. The topological polar surface area (TPSA) is 67.2 Å². The van der Waals surface area contributed by atoms with E-state index >= 15 is 0 Å². The lowest BCUT2D eigenvalue weighted by molar-refractivity contribution is -0.118. The maximum Gasteiger partial charge on any atom is 0.250 e. The molecule has 0 unspecified atom stereocenters. The Labute approximate surface area is 140 Å². The van der Waals surface area contributed by atoms with Gasteiger partial charge in [0.2, 0.25) is 0 Å².